The molecule has 0 amide bonds. The van der Waals surface area contributed by atoms with Crippen LogP contribution in [0.15, 0.2) is 40.6 Å². The average molecular weight is 227 g/mol. The van der Waals surface area contributed by atoms with E-state index in [1.807, 2.05) is 30.3 Å². The summed E-state index contributed by atoms with van der Waals surface area (Å²) in [7, 11) is 0. The molecule has 1 unspecified atom stereocenters. The van der Waals surface area contributed by atoms with Gasteiger partial charge in [-0.15, -0.1) is 5.11 Å². The lowest BCUT2D eigenvalue weighted by Crippen LogP contribution is -2.02. The van der Waals surface area contributed by atoms with Crippen LogP contribution in [0.3, 0.4) is 0 Å². The van der Waals surface area contributed by atoms with Crippen LogP contribution >= 0.6 is 0 Å². The fourth-order valence-corrected chi connectivity index (χ4v) is 1.98. The van der Waals surface area contributed by atoms with Gasteiger partial charge in [0.1, 0.15) is 11.4 Å². The van der Waals surface area contributed by atoms with Crippen molar-refractivity contribution in [1.29, 1.82) is 0 Å². The van der Waals surface area contributed by atoms with Crippen LogP contribution in [-0.2, 0) is 0 Å². The van der Waals surface area contributed by atoms with E-state index in [2.05, 4.69) is 22.3 Å². The number of rotatable bonds is 2. The van der Waals surface area contributed by atoms with Gasteiger partial charge in [0.15, 0.2) is 12.0 Å². The van der Waals surface area contributed by atoms with Gasteiger partial charge in [0.05, 0.1) is 0 Å². The summed E-state index contributed by atoms with van der Waals surface area (Å²) in [5.41, 5.74) is 8.47. The molecule has 2 heterocycles. The molecule has 0 aliphatic carbocycles. The van der Waals surface area contributed by atoms with E-state index in [0.29, 0.717) is 11.5 Å². The highest BCUT2D eigenvalue weighted by molar-refractivity contribution is 5.80. The van der Waals surface area contributed by atoms with Crippen LogP contribution in [0.5, 0.6) is 0 Å². The van der Waals surface area contributed by atoms with Gasteiger partial charge in [-0.1, -0.05) is 37.3 Å². The Balaban J connectivity index is 2.13. The summed E-state index contributed by atoms with van der Waals surface area (Å²) in [6.45, 7) is 2.05. The largest absolute Gasteiger partial charge is 0.394 e. The summed E-state index contributed by atoms with van der Waals surface area (Å²) in [6, 6.07) is 9.90. The number of nitrogens with zero attached hydrogens (tertiary/aromatic N) is 4. The lowest BCUT2D eigenvalue weighted by Gasteiger charge is -2.03. The fraction of sp³-hybridized carbons (Fsp3) is 0.250. The summed E-state index contributed by atoms with van der Waals surface area (Å²) < 4.78 is 1.80. The van der Waals surface area contributed by atoms with E-state index in [1.165, 1.54) is 0 Å². The van der Waals surface area contributed by atoms with Gasteiger partial charge in [-0.25, -0.2) is 4.68 Å². The van der Waals surface area contributed by atoms with Crippen molar-refractivity contribution in [3.8, 4) is 11.3 Å². The van der Waals surface area contributed by atoms with Crippen LogP contribution in [0.25, 0.3) is 11.3 Å². The molecule has 0 spiro atoms. The van der Waals surface area contributed by atoms with E-state index in [9.17, 15) is 0 Å². The first-order valence-electron chi connectivity index (χ1n) is 5.65. The van der Waals surface area contributed by atoms with E-state index >= 15 is 0 Å². The molecule has 2 N–H and O–H groups in total. The lowest BCUT2D eigenvalue weighted by atomic mass is 10.1. The van der Waals surface area contributed by atoms with Crippen molar-refractivity contribution >= 4 is 11.5 Å². The van der Waals surface area contributed by atoms with Crippen LogP contribution in [0, 0.1) is 0 Å². The molecule has 0 saturated carbocycles. The molecule has 3 rings (SSSR count). The Hall–Kier alpha value is -2.17. The SMILES string of the molecule is CCC1N=Nc2c(N)c(-c3ccccc3)nn21. The van der Waals surface area contributed by atoms with Crippen LogP contribution in [0.4, 0.5) is 11.5 Å². The smallest absolute Gasteiger partial charge is 0.198 e. The molecule has 1 atom stereocenters. The molecule has 0 fully saturated rings. The summed E-state index contributed by atoms with van der Waals surface area (Å²) in [5, 5.41) is 12.7. The minimum atomic E-state index is -0.00948. The quantitative estimate of drug-likeness (QED) is 0.856. The molecule has 0 saturated heterocycles. The number of azo groups is 1. The van der Waals surface area contributed by atoms with Crippen molar-refractivity contribution in [3.05, 3.63) is 30.3 Å². The number of nitrogens with two attached hydrogens (primary N) is 1. The van der Waals surface area contributed by atoms with Crippen LogP contribution in [-0.4, -0.2) is 9.78 Å². The zero-order chi connectivity index (χ0) is 11.8. The molecule has 2 aromatic rings. The standard InChI is InChI=1S/C12H13N5/c1-2-9-14-15-12-10(13)11(16-17(9)12)8-6-4-3-5-7-8/h3-7,9H,2,13H2,1H3. The molecule has 1 aliphatic rings. The second-order valence-electron chi connectivity index (χ2n) is 4.00. The van der Waals surface area contributed by atoms with E-state index in [-0.39, 0.29) is 6.17 Å². The molecular weight excluding hydrogens is 214 g/mol. The highest BCUT2D eigenvalue weighted by atomic mass is 15.5. The second-order valence-corrected chi connectivity index (χ2v) is 4.00. The highest BCUT2D eigenvalue weighted by Gasteiger charge is 2.25. The first-order chi connectivity index (χ1) is 8.31. The van der Waals surface area contributed by atoms with Crippen molar-refractivity contribution in [2.45, 2.75) is 19.5 Å². The van der Waals surface area contributed by atoms with Crippen molar-refractivity contribution < 1.29 is 0 Å². The van der Waals surface area contributed by atoms with Gasteiger partial charge in [-0.3, -0.25) is 0 Å². The van der Waals surface area contributed by atoms with Gasteiger partial charge in [0.25, 0.3) is 0 Å². The third-order valence-electron chi connectivity index (χ3n) is 2.90. The summed E-state index contributed by atoms with van der Waals surface area (Å²) >= 11 is 0. The fourth-order valence-electron chi connectivity index (χ4n) is 1.98. The molecule has 5 nitrogen and oxygen atoms in total. The molecule has 1 aromatic heterocycles. The zero-order valence-electron chi connectivity index (χ0n) is 9.54. The van der Waals surface area contributed by atoms with Gasteiger partial charge >= 0.3 is 0 Å². The van der Waals surface area contributed by atoms with Gasteiger partial charge in [0.2, 0.25) is 0 Å². The van der Waals surface area contributed by atoms with Crippen molar-refractivity contribution in [2.75, 3.05) is 5.73 Å². The maximum atomic E-state index is 6.07. The molecule has 0 radical (unpaired) electrons. The van der Waals surface area contributed by atoms with Crippen LogP contribution in [0.2, 0.25) is 0 Å². The predicted octanol–water partition coefficient (Wildman–Crippen LogP) is 3.14. The van der Waals surface area contributed by atoms with E-state index in [1.54, 1.807) is 4.68 Å². The van der Waals surface area contributed by atoms with Crippen LogP contribution in [0.1, 0.15) is 19.5 Å². The third-order valence-corrected chi connectivity index (χ3v) is 2.90. The number of nitrogen functional groups attached to an aromatic ring is 1. The Bertz CT molecular complexity index is 570. The Kier molecular flexibility index (Phi) is 2.18. The van der Waals surface area contributed by atoms with Crippen molar-refractivity contribution in [1.82, 2.24) is 9.78 Å². The Morgan fingerprint density at radius 1 is 1.29 bits per heavy atom. The first-order valence-corrected chi connectivity index (χ1v) is 5.65. The Morgan fingerprint density at radius 2 is 2.06 bits per heavy atom. The molecular formula is C12H13N5. The molecule has 1 aliphatic heterocycles. The summed E-state index contributed by atoms with van der Waals surface area (Å²) in [4.78, 5) is 0. The third kappa shape index (κ3) is 1.43. The number of anilines is 1. The number of hydrogen-bond acceptors (Lipinski definition) is 4. The summed E-state index contributed by atoms with van der Waals surface area (Å²) in [6.07, 6.45) is 0.857. The van der Waals surface area contributed by atoms with Gasteiger partial charge in [-0.05, 0) is 6.42 Å². The minimum absolute atomic E-state index is 0.00948. The maximum Gasteiger partial charge on any atom is 0.198 e. The highest BCUT2D eigenvalue weighted by Crippen LogP contribution is 2.40. The van der Waals surface area contributed by atoms with Crippen LogP contribution < -0.4 is 5.73 Å². The predicted molar refractivity (Wildman–Crippen MR) is 65.9 cm³/mol. The van der Waals surface area contributed by atoms with Gasteiger partial charge in [-0.2, -0.15) is 10.2 Å². The van der Waals surface area contributed by atoms with Crippen molar-refractivity contribution in [3.63, 3.8) is 0 Å². The second kappa shape index (κ2) is 3.69. The number of benzene rings is 1. The van der Waals surface area contributed by atoms with E-state index in [0.717, 1.165) is 17.7 Å². The molecule has 5 heteroatoms. The van der Waals surface area contributed by atoms with E-state index in [4.69, 9.17) is 5.73 Å². The molecule has 1 aromatic carbocycles. The summed E-state index contributed by atoms with van der Waals surface area (Å²) in [5.74, 6) is 0.677. The average Bonchev–Trinajstić information content (AvgIpc) is 2.91. The lowest BCUT2D eigenvalue weighted by molar-refractivity contribution is 0.482. The molecule has 86 valence electrons. The monoisotopic (exact) mass is 227 g/mol. The Labute approximate surface area is 99.0 Å². The Morgan fingerprint density at radius 3 is 2.76 bits per heavy atom. The topological polar surface area (TPSA) is 68.6 Å². The zero-order valence-corrected chi connectivity index (χ0v) is 9.54. The number of aromatic nitrogens is 2. The normalized spacial score (nSPS) is 17.4. The van der Waals surface area contributed by atoms with Gasteiger partial charge < -0.3 is 5.73 Å². The minimum Gasteiger partial charge on any atom is -0.394 e. The number of fused-ring (bicyclic) bond motifs is 1. The first kappa shape index (κ1) is 10.0. The maximum absolute atomic E-state index is 6.07. The van der Waals surface area contributed by atoms with Gasteiger partial charge in [0, 0.05) is 5.56 Å². The van der Waals surface area contributed by atoms with Crippen molar-refractivity contribution in [2.24, 2.45) is 10.2 Å². The molecule has 17 heavy (non-hydrogen) atoms. The molecule has 0 bridgehead atoms. The van der Waals surface area contributed by atoms with E-state index < -0.39 is 0 Å². The number of hydrogen-bond donors (Lipinski definition) is 1.